The molecule has 1 aliphatic heterocycles. The van der Waals surface area contributed by atoms with E-state index in [1.54, 1.807) is 0 Å². The molecule has 0 radical (unpaired) electrons. The van der Waals surface area contributed by atoms with Crippen molar-refractivity contribution in [3.63, 3.8) is 0 Å². The van der Waals surface area contributed by atoms with Crippen LogP contribution < -0.4 is 0 Å². The average Bonchev–Trinajstić information content (AvgIpc) is 2.94. The SMILES string of the molecule is O=P1(OCc2ccccc2)OCCO[C@@H]2C[C@H](OCc3ccccc3)C[C@@H](OCc3ccccc3)[C@H]2O1. The van der Waals surface area contributed by atoms with Gasteiger partial charge in [0.2, 0.25) is 0 Å². The van der Waals surface area contributed by atoms with Crippen LogP contribution in [0.25, 0.3) is 0 Å². The Bertz CT molecular complexity index is 1130. The second-order valence-electron chi connectivity index (χ2n) is 9.24. The highest BCUT2D eigenvalue weighted by molar-refractivity contribution is 7.48. The van der Waals surface area contributed by atoms with E-state index < -0.39 is 20.0 Å². The highest BCUT2D eigenvalue weighted by Crippen LogP contribution is 2.54. The first-order chi connectivity index (χ1) is 18.2. The van der Waals surface area contributed by atoms with Crippen molar-refractivity contribution in [3.05, 3.63) is 108 Å². The normalized spacial score (nSPS) is 28.1. The molecule has 3 aromatic rings. The van der Waals surface area contributed by atoms with Crippen molar-refractivity contribution in [3.8, 4) is 0 Å². The first-order valence-corrected chi connectivity index (χ1v) is 14.2. The van der Waals surface area contributed by atoms with E-state index in [0.29, 0.717) is 26.1 Å². The van der Waals surface area contributed by atoms with Crippen molar-refractivity contribution < 1.29 is 32.3 Å². The quantitative estimate of drug-likeness (QED) is 0.314. The van der Waals surface area contributed by atoms with Crippen LogP contribution in [0.1, 0.15) is 29.5 Å². The summed E-state index contributed by atoms with van der Waals surface area (Å²) in [6, 6.07) is 29.6. The standard InChI is InChI=1S/C29H33O7P/c30-37(35-22-25-14-8-3-9-15-25)34-17-16-31-27-18-26(32-20-23-10-4-1-5-11-23)19-28(29(27)36-37)33-21-24-12-6-2-7-13-24/h1-15,26-29H,16-22H2/t26-,27+,28+,29-,37?/m0/s1. The molecule has 1 aliphatic carbocycles. The fourth-order valence-electron chi connectivity index (χ4n) is 4.61. The Hall–Kier alpha value is -2.35. The van der Waals surface area contributed by atoms with Gasteiger partial charge in [-0.2, -0.15) is 0 Å². The summed E-state index contributed by atoms with van der Waals surface area (Å²) in [6.45, 7) is 1.39. The number of hydrogen-bond acceptors (Lipinski definition) is 7. The lowest BCUT2D eigenvalue weighted by Crippen LogP contribution is -2.51. The molecular weight excluding hydrogens is 491 g/mol. The van der Waals surface area contributed by atoms with Crippen LogP contribution in [-0.4, -0.2) is 37.6 Å². The smallest absolute Gasteiger partial charge is 0.373 e. The summed E-state index contributed by atoms with van der Waals surface area (Å²) >= 11 is 0. The molecule has 8 heteroatoms. The third-order valence-electron chi connectivity index (χ3n) is 6.51. The Morgan fingerprint density at radius 3 is 1.89 bits per heavy atom. The topological polar surface area (TPSA) is 72.5 Å². The van der Waals surface area contributed by atoms with Crippen molar-refractivity contribution in [1.29, 1.82) is 0 Å². The average molecular weight is 525 g/mol. The molecular formula is C29H33O7P. The number of hydrogen-bond donors (Lipinski definition) is 0. The van der Waals surface area contributed by atoms with E-state index in [1.807, 2.05) is 91.0 Å². The third-order valence-corrected chi connectivity index (χ3v) is 7.95. The molecule has 0 spiro atoms. The summed E-state index contributed by atoms with van der Waals surface area (Å²) in [5.74, 6) is 0. The third kappa shape index (κ3) is 7.59. The summed E-state index contributed by atoms with van der Waals surface area (Å²) in [4.78, 5) is 0. The zero-order chi connectivity index (χ0) is 25.3. The first-order valence-electron chi connectivity index (χ1n) is 12.7. The van der Waals surface area contributed by atoms with Crippen LogP contribution in [0.2, 0.25) is 0 Å². The molecule has 37 heavy (non-hydrogen) atoms. The van der Waals surface area contributed by atoms with Crippen LogP contribution >= 0.6 is 7.82 Å². The minimum atomic E-state index is -3.86. The number of phosphoric acid groups is 1. The van der Waals surface area contributed by atoms with Crippen LogP contribution in [0.4, 0.5) is 0 Å². The summed E-state index contributed by atoms with van der Waals surface area (Å²) in [7, 11) is -3.86. The lowest BCUT2D eigenvalue weighted by Gasteiger charge is -2.42. The number of phosphoric ester groups is 1. The molecule has 7 nitrogen and oxygen atoms in total. The second kappa shape index (κ2) is 12.9. The zero-order valence-electron chi connectivity index (χ0n) is 20.7. The highest BCUT2D eigenvalue weighted by atomic mass is 31.2. The first kappa shape index (κ1) is 26.3. The second-order valence-corrected chi connectivity index (χ2v) is 10.9. The van der Waals surface area contributed by atoms with E-state index in [4.69, 9.17) is 27.8 Å². The van der Waals surface area contributed by atoms with Crippen LogP contribution in [0.15, 0.2) is 91.0 Å². The minimum Gasteiger partial charge on any atom is -0.373 e. The van der Waals surface area contributed by atoms with E-state index in [9.17, 15) is 4.57 Å². The van der Waals surface area contributed by atoms with Crippen molar-refractivity contribution in [2.24, 2.45) is 0 Å². The van der Waals surface area contributed by atoms with Gasteiger partial charge in [0.1, 0.15) is 6.10 Å². The Kier molecular flexibility index (Phi) is 9.19. The molecule has 5 atom stereocenters. The van der Waals surface area contributed by atoms with Crippen molar-refractivity contribution >= 4 is 7.82 Å². The Morgan fingerprint density at radius 2 is 1.27 bits per heavy atom. The monoisotopic (exact) mass is 524 g/mol. The molecule has 196 valence electrons. The van der Waals surface area contributed by atoms with Crippen molar-refractivity contribution in [2.45, 2.75) is 57.1 Å². The van der Waals surface area contributed by atoms with Crippen LogP contribution in [-0.2, 0) is 52.2 Å². The van der Waals surface area contributed by atoms with Gasteiger partial charge in [-0.25, -0.2) is 4.57 Å². The Labute approximate surface area is 218 Å². The highest BCUT2D eigenvalue weighted by Gasteiger charge is 2.46. The van der Waals surface area contributed by atoms with Crippen LogP contribution in [0, 0.1) is 0 Å². The van der Waals surface area contributed by atoms with E-state index in [2.05, 4.69) is 0 Å². The number of benzene rings is 3. The zero-order valence-corrected chi connectivity index (χ0v) is 21.6. The van der Waals surface area contributed by atoms with Gasteiger partial charge in [-0.15, -0.1) is 0 Å². The number of fused-ring (bicyclic) bond motifs is 1. The van der Waals surface area contributed by atoms with Gasteiger partial charge in [-0.1, -0.05) is 91.0 Å². The summed E-state index contributed by atoms with van der Waals surface area (Å²) in [5, 5.41) is 0. The number of ether oxygens (including phenoxy) is 3. The molecule has 1 saturated heterocycles. The van der Waals surface area contributed by atoms with Gasteiger partial charge >= 0.3 is 7.82 Å². The van der Waals surface area contributed by atoms with Crippen LogP contribution in [0.5, 0.6) is 0 Å². The molecule has 2 fully saturated rings. The lowest BCUT2D eigenvalue weighted by atomic mass is 9.89. The maximum atomic E-state index is 13.6. The van der Waals surface area contributed by atoms with Gasteiger partial charge in [0, 0.05) is 12.8 Å². The van der Waals surface area contributed by atoms with Gasteiger partial charge < -0.3 is 14.2 Å². The fourth-order valence-corrected chi connectivity index (χ4v) is 5.98. The van der Waals surface area contributed by atoms with Gasteiger partial charge in [-0.05, 0) is 16.7 Å². The van der Waals surface area contributed by atoms with E-state index in [-0.39, 0.29) is 32.0 Å². The molecule has 0 N–H and O–H groups in total. The maximum Gasteiger partial charge on any atom is 0.475 e. The molecule has 0 bridgehead atoms. The van der Waals surface area contributed by atoms with Gasteiger partial charge in [-0.3, -0.25) is 13.6 Å². The van der Waals surface area contributed by atoms with Crippen LogP contribution in [0.3, 0.4) is 0 Å². The molecule has 1 heterocycles. The molecule has 0 amide bonds. The van der Waals surface area contributed by atoms with Crippen molar-refractivity contribution in [2.75, 3.05) is 13.2 Å². The van der Waals surface area contributed by atoms with Gasteiger partial charge in [0.05, 0.1) is 51.3 Å². The van der Waals surface area contributed by atoms with E-state index >= 15 is 0 Å². The lowest BCUT2D eigenvalue weighted by molar-refractivity contribution is -0.179. The largest absolute Gasteiger partial charge is 0.475 e. The molecule has 1 unspecified atom stereocenters. The molecule has 1 saturated carbocycles. The van der Waals surface area contributed by atoms with Gasteiger partial charge in [0.25, 0.3) is 0 Å². The maximum absolute atomic E-state index is 13.6. The van der Waals surface area contributed by atoms with Gasteiger partial charge in [0.15, 0.2) is 0 Å². The Balaban J connectivity index is 1.30. The minimum absolute atomic E-state index is 0.101. The number of rotatable bonds is 9. The van der Waals surface area contributed by atoms with E-state index in [0.717, 1.165) is 16.7 Å². The predicted octanol–water partition coefficient (Wildman–Crippen LogP) is 6.08. The summed E-state index contributed by atoms with van der Waals surface area (Å²) in [6.07, 6.45) is -0.342. The molecule has 0 aromatic heterocycles. The van der Waals surface area contributed by atoms with E-state index in [1.165, 1.54) is 0 Å². The molecule has 2 aliphatic rings. The summed E-state index contributed by atoms with van der Waals surface area (Å²) in [5.41, 5.74) is 3.03. The predicted molar refractivity (Wildman–Crippen MR) is 139 cm³/mol. The van der Waals surface area contributed by atoms with Crippen molar-refractivity contribution in [1.82, 2.24) is 0 Å². The summed E-state index contributed by atoms with van der Waals surface area (Å²) < 4.78 is 49.9. The molecule has 3 aromatic carbocycles. The fraction of sp³-hybridized carbons (Fsp3) is 0.379. The molecule has 5 rings (SSSR count). The Morgan fingerprint density at radius 1 is 0.703 bits per heavy atom.